The van der Waals surface area contributed by atoms with Gasteiger partial charge >= 0.3 is 0 Å². The first kappa shape index (κ1) is 15.7. The molecule has 1 aromatic carbocycles. The minimum Gasteiger partial charge on any atom is -0.379 e. The summed E-state index contributed by atoms with van der Waals surface area (Å²) in [4.78, 5) is 12.1. The highest BCUT2D eigenvalue weighted by molar-refractivity contribution is 7.99. The zero-order valence-electron chi connectivity index (χ0n) is 11.8. The molecule has 1 amide bonds. The third-order valence-corrected chi connectivity index (χ3v) is 5.17. The van der Waals surface area contributed by atoms with Crippen molar-refractivity contribution in [2.45, 2.75) is 31.3 Å². The van der Waals surface area contributed by atoms with Gasteiger partial charge in [0, 0.05) is 22.7 Å². The molecule has 1 unspecified atom stereocenters. The van der Waals surface area contributed by atoms with Crippen LogP contribution in [0.25, 0.3) is 0 Å². The van der Waals surface area contributed by atoms with Gasteiger partial charge in [-0.05, 0) is 29.9 Å². The van der Waals surface area contributed by atoms with Crippen LogP contribution in [0.3, 0.4) is 0 Å². The van der Waals surface area contributed by atoms with E-state index in [1.54, 1.807) is 11.8 Å². The largest absolute Gasteiger partial charge is 0.379 e. The minimum absolute atomic E-state index is 0.206. The summed E-state index contributed by atoms with van der Waals surface area (Å²) in [6.07, 6.45) is 0.533. The molecule has 2 N–H and O–H groups in total. The quantitative estimate of drug-likeness (QED) is 0.898. The van der Waals surface area contributed by atoms with Gasteiger partial charge < -0.3 is 10.4 Å². The van der Waals surface area contributed by atoms with Crippen LogP contribution in [0.15, 0.2) is 24.3 Å². The topological polar surface area (TPSA) is 49.3 Å². The fourth-order valence-corrected chi connectivity index (χ4v) is 3.57. The monoisotopic (exact) mass is 313 g/mol. The Hall–Kier alpha value is -0.710. The Morgan fingerprint density at radius 1 is 1.45 bits per heavy atom. The highest BCUT2D eigenvalue weighted by atomic mass is 35.5. The fraction of sp³-hybridized carbons (Fsp3) is 0.533. The van der Waals surface area contributed by atoms with Gasteiger partial charge in [-0.2, -0.15) is 11.8 Å². The Balaban J connectivity index is 1.98. The maximum Gasteiger partial charge on any atom is 0.252 e. The fourth-order valence-electron chi connectivity index (χ4n) is 2.20. The number of benzene rings is 1. The molecule has 1 atom stereocenters. The van der Waals surface area contributed by atoms with Crippen LogP contribution in [-0.2, 0) is 10.2 Å². The van der Waals surface area contributed by atoms with E-state index in [4.69, 9.17) is 11.6 Å². The first-order chi connectivity index (χ1) is 9.33. The molecule has 1 aromatic rings. The lowest BCUT2D eigenvalue weighted by molar-refractivity contribution is -0.137. The van der Waals surface area contributed by atoms with Crippen LogP contribution in [0.1, 0.15) is 25.8 Å². The lowest BCUT2D eigenvalue weighted by Crippen LogP contribution is -2.49. The van der Waals surface area contributed by atoms with Gasteiger partial charge in [0.15, 0.2) is 5.60 Å². The van der Waals surface area contributed by atoms with Crippen molar-refractivity contribution in [3.63, 3.8) is 0 Å². The first-order valence-corrected chi connectivity index (χ1v) is 8.21. The summed E-state index contributed by atoms with van der Waals surface area (Å²) in [5, 5.41) is 13.8. The summed E-state index contributed by atoms with van der Waals surface area (Å²) in [5.74, 6) is 1.06. The molecule has 1 aliphatic rings. The van der Waals surface area contributed by atoms with Gasteiger partial charge in [0.1, 0.15) is 0 Å². The third kappa shape index (κ3) is 3.48. The van der Waals surface area contributed by atoms with E-state index in [2.05, 4.69) is 19.2 Å². The average Bonchev–Trinajstić information content (AvgIpc) is 2.85. The Morgan fingerprint density at radius 3 is 2.65 bits per heavy atom. The van der Waals surface area contributed by atoms with Gasteiger partial charge in [0.2, 0.25) is 0 Å². The second-order valence-corrected chi connectivity index (χ2v) is 7.45. The molecule has 1 fully saturated rings. The number of halogens is 1. The van der Waals surface area contributed by atoms with Crippen molar-refractivity contribution >= 4 is 29.3 Å². The van der Waals surface area contributed by atoms with Crippen LogP contribution in [-0.4, -0.2) is 34.7 Å². The van der Waals surface area contributed by atoms with Gasteiger partial charge in [-0.3, -0.25) is 4.79 Å². The van der Waals surface area contributed by atoms with E-state index in [0.717, 1.165) is 11.3 Å². The Kier molecular flexibility index (Phi) is 4.67. The Bertz CT molecular complexity index is 481. The predicted octanol–water partition coefficient (Wildman–Crippen LogP) is 2.60. The normalized spacial score (nSPS) is 22.8. The predicted molar refractivity (Wildman–Crippen MR) is 84.4 cm³/mol. The maximum atomic E-state index is 12.1. The average molecular weight is 314 g/mol. The second-order valence-electron chi connectivity index (χ2n) is 5.91. The van der Waals surface area contributed by atoms with Crippen molar-refractivity contribution in [3.8, 4) is 0 Å². The molecule has 0 radical (unpaired) electrons. The highest BCUT2D eigenvalue weighted by Gasteiger charge is 2.39. The Morgan fingerprint density at radius 2 is 2.10 bits per heavy atom. The van der Waals surface area contributed by atoms with Gasteiger partial charge in [-0.1, -0.05) is 37.6 Å². The van der Waals surface area contributed by atoms with E-state index in [1.165, 1.54) is 0 Å². The van der Waals surface area contributed by atoms with E-state index < -0.39 is 5.60 Å². The van der Waals surface area contributed by atoms with E-state index in [0.29, 0.717) is 23.7 Å². The second kappa shape index (κ2) is 5.96. The molecular weight excluding hydrogens is 294 g/mol. The molecule has 5 heteroatoms. The summed E-state index contributed by atoms with van der Waals surface area (Å²) < 4.78 is 0. The van der Waals surface area contributed by atoms with E-state index in [9.17, 15) is 9.90 Å². The lowest BCUT2D eigenvalue weighted by atomic mass is 9.84. The molecular formula is C15H20ClNO2S. The molecule has 110 valence electrons. The molecule has 1 saturated heterocycles. The number of rotatable bonds is 4. The number of amides is 1. The molecule has 3 nitrogen and oxygen atoms in total. The minimum atomic E-state index is -1.19. The van der Waals surface area contributed by atoms with Crippen LogP contribution >= 0.6 is 23.4 Å². The van der Waals surface area contributed by atoms with Crippen LogP contribution < -0.4 is 5.32 Å². The summed E-state index contributed by atoms with van der Waals surface area (Å²) in [6.45, 7) is 4.61. The van der Waals surface area contributed by atoms with Crippen molar-refractivity contribution in [1.29, 1.82) is 0 Å². The van der Waals surface area contributed by atoms with E-state index in [-0.39, 0.29) is 11.3 Å². The number of hydrogen-bond acceptors (Lipinski definition) is 3. The van der Waals surface area contributed by atoms with Crippen LogP contribution in [0.2, 0.25) is 5.02 Å². The standard InChI is InChI=1S/C15H20ClNO2S/c1-14(2,11-3-5-12(16)6-4-11)9-17-13(18)15(19)7-8-20-10-15/h3-6,19H,7-10H2,1-2H3,(H,17,18). The van der Waals surface area contributed by atoms with E-state index >= 15 is 0 Å². The molecule has 0 spiro atoms. The van der Waals surface area contributed by atoms with Gasteiger partial charge in [0.05, 0.1) is 0 Å². The van der Waals surface area contributed by atoms with Gasteiger partial charge in [-0.15, -0.1) is 0 Å². The number of carbonyl (C=O) groups excluding carboxylic acids is 1. The zero-order chi connectivity index (χ0) is 14.8. The maximum absolute atomic E-state index is 12.1. The van der Waals surface area contributed by atoms with Crippen molar-refractivity contribution in [2.75, 3.05) is 18.1 Å². The smallest absolute Gasteiger partial charge is 0.252 e. The van der Waals surface area contributed by atoms with Crippen molar-refractivity contribution in [2.24, 2.45) is 0 Å². The summed E-state index contributed by atoms with van der Waals surface area (Å²) in [5.41, 5.74) is -0.293. The molecule has 20 heavy (non-hydrogen) atoms. The molecule has 2 rings (SSSR count). The molecule has 0 saturated carbocycles. The van der Waals surface area contributed by atoms with Crippen molar-refractivity contribution < 1.29 is 9.90 Å². The first-order valence-electron chi connectivity index (χ1n) is 6.68. The van der Waals surface area contributed by atoms with Gasteiger partial charge in [0.25, 0.3) is 5.91 Å². The SMILES string of the molecule is CC(C)(CNC(=O)C1(O)CCSC1)c1ccc(Cl)cc1. The number of carbonyl (C=O) groups is 1. The zero-order valence-corrected chi connectivity index (χ0v) is 13.4. The van der Waals surface area contributed by atoms with Crippen LogP contribution in [0.4, 0.5) is 0 Å². The molecule has 0 bridgehead atoms. The van der Waals surface area contributed by atoms with E-state index in [1.807, 2.05) is 24.3 Å². The molecule has 1 heterocycles. The Labute approximate surface area is 129 Å². The molecule has 0 aliphatic carbocycles. The van der Waals surface area contributed by atoms with Crippen molar-refractivity contribution in [3.05, 3.63) is 34.9 Å². The number of aliphatic hydroxyl groups is 1. The number of thioether (sulfide) groups is 1. The molecule has 0 aromatic heterocycles. The summed E-state index contributed by atoms with van der Waals surface area (Å²) in [6, 6.07) is 7.63. The number of nitrogens with one attached hydrogen (secondary N) is 1. The number of hydrogen-bond donors (Lipinski definition) is 2. The highest BCUT2D eigenvalue weighted by Crippen LogP contribution is 2.29. The summed E-state index contributed by atoms with van der Waals surface area (Å²) in [7, 11) is 0. The third-order valence-electron chi connectivity index (χ3n) is 3.74. The summed E-state index contributed by atoms with van der Waals surface area (Å²) >= 11 is 7.50. The van der Waals surface area contributed by atoms with Gasteiger partial charge in [-0.25, -0.2) is 0 Å². The van der Waals surface area contributed by atoms with Crippen LogP contribution in [0.5, 0.6) is 0 Å². The van der Waals surface area contributed by atoms with Crippen LogP contribution in [0, 0.1) is 0 Å². The molecule has 1 aliphatic heterocycles. The lowest BCUT2D eigenvalue weighted by Gasteiger charge is -2.28. The van der Waals surface area contributed by atoms with Crippen molar-refractivity contribution in [1.82, 2.24) is 5.32 Å².